The molecule has 1 amide bonds. The van der Waals surface area contributed by atoms with Crippen LogP contribution < -0.4 is 14.8 Å². The summed E-state index contributed by atoms with van der Waals surface area (Å²) in [5.41, 5.74) is 4.62. The molecule has 40 heavy (non-hydrogen) atoms. The van der Waals surface area contributed by atoms with Crippen LogP contribution in [-0.4, -0.2) is 36.6 Å². The average Bonchev–Trinajstić information content (AvgIpc) is 3.41. The molecule has 0 saturated heterocycles. The summed E-state index contributed by atoms with van der Waals surface area (Å²) >= 11 is 1.46. The lowest BCUT2D eigenvalue weighted by molar-refractivity contribution is 0.102. The van der Waals surface area contributed by atoms with Crippen molar-refractivity contribution in [3.63, 3.8) is 0 Å². The number of rotatable bonds is 11. The van der Waals surface area contributed by atoms with Crippen LogP contribution in [0.4, 0.5) is 10.1 Å². The molecule has 0 fully saturated rings. The largest absolute Gasteiger partial charge is 0.493 e. The van der Waals surface area contributed by atoms with Gasteiger partial charge in [-0.1, -0.05) is 51.1 Å². The van der Waals surface area contributed by atoms with Crippen LogP contribution in [0.1, 0.15) is 53.0 Å². The summed E-state index contributed by atoms with van der Waals surface area (Å²) < 4.78 is 24.1. The van der Waals surface area contributed by atoms with E-state index in [1.165, 1.54) is 46.7 Å². The van der Waals surface area contributed by atoms with Gasteiger partial charge in [0.05, 0.1) is 20.8 Å². The molecule has 0 bridgehead atoms. The molecule has 0 aliphatic carbocycles. The summed E-state index contributed by atoms with van der Waals surface area (Å²) in [4.78, 5) is 19.7. The molecular formula is C32H36FN3O3S. The lowest BCUT2D eigenvalue weighted by Gasteiger charge is -2.23. The summed E-state index contributed by atoms with van der Waals surface area (Å²) in [6.07, 6.45) is 0.809. The predicted molar refractivity (Wildman–Crippen MR) is 159 cm³/mol. The Kier molecular flexibility index (Phi) is 9.55. The van der Waals surface area contributed by atoms with Crippen LogP contribution in [0.5, 0.6) is 11.5 Å². The van der Waals surface area contributed by atoms with Gasteiger partial charge in [0.15, 0.2) is 11.5 Å². The maximum atomic E-state index is 13.2. The molecule has 4 aromatic rings. The van der Waals surface area contributed by atoms with E-state index in [0.29, 0.717) is 29.4 Å². The maximum absolute atomic E-state index is 13.2. The summed E-state index contributed by atoms with van der Waals surface area (Å²) in [6.45, 7) is 8.77. The van der Waals surface area contributed by atoms with Crippen LogP contribution in [0.3, 0.4) is 0 Å². The van der Waals surface area contributed by atoms with E-state index in [4.69, 9.17) is 9.47 Å². The van der Waals surface area contributed by atoms with Gasteiger partial charge in [-0.25, -0.2) is 9.37 Å². The number of thiazole rings is 1. The minimum atomic E-state index is -0.352. The molecule has 1 heterocycles. The first kappa shape index (κ1) is 29.2. The van der Waals surface area contributed by atoms with Gasteiger partial charge in [-0.15, -0.1) is 11.3 Å². The van der Waals surface area contributed by atoms with Crippen molar-refractivity contribution in [1.29, 1.82) is 0 Å². The molecule has 6 nitrogen and oxygen atoms in total. The summed E-state index contributed by atoms with van der Waals surface area (Å²) in [5, 5.41) is 5.39. The summed E-state index contributed by atoms with van der Waals surface area (Å²) in [5.74, 6) is 0.747. The second-order valence-corrected chi connectivity index (χ2v) is 11.6. The second kappa shape index (κ2) is 13.1. The number of nitrogens with zero attached hydrogens (tertiary/aromatic N) is 2. The van der Waals surface area contributed by atoms with Crippen LogP contribution in [0.2, 0.25) is 0 Å². The molecule has 0 spiro atoms. The third-order valence-electron chi connectivity index (χ3n) is 6.64. The Hall–Kier alpha value is -3.75. The Balaban J connectivity index is 1.48. The maximum Gasteiger partial charge on any atom is 0.275 e. The van der Waals surface area contributed by atoms with Gasteiger partial charge in [0.1, 0.15) is 16.5 Å². The molecule has 1 N–H and O–H groups in total. The standard InChI is InChI=1S/C32H36FN3O3S/c1-32(2,3)24-9-6-23(7-10-24)19-36(17-16-22-8-15-28(38-4)29(18-22)39-5)20-30-35-27(21-40-30)31(37)34-26-13-11-25(33)12-14-26/h6-15,18,21H,16-17,19-20H2,1-5H3,(H,34,37). The van der Waals surface area contributed by atoms with Gasteiger partial charge in [0.2, 0.25) is 0 Å². The topological polar surface area (TPSA) is 63.7 Å². The third kappa shape index (κ3) is 7.90. The highest BCUT2D eigenvalue weighted by Gasteiger charge is 2.17. The van der Waals surface area contributed by atoms with Crippen molar-refractivity contribution in [2.75, 3.05) is 26.1 Å². The van der Waals surface area contributed by atoms with Crippen molar-refractivity contribution in [3.8, 4) is 11.5 Å². The number of anilines is 1. The molecule has 0 aliphatic heterocycles. The van der Waals surface area contributed by atoms with E-state index < -0.39 is 0 Å². The van der Waals surface area contributed by atoms with E-state index >= 15 is 0 Å². The first-order valence-corrected chi connectivity index (χ1v) is 14.1. The Bertz CT molecular complexity index is 1410. The van der Waals surface area contributed by atoms with Gasteiger partial charge in [0.25, 0.3) is 5.91 Å². The lowest BCUT2D eigenvalue weighted by Crippen LogP contribution is -2.25. The van der Waals surface area contributed by atoms with Crippen LogP contribution in [-0.2, 0) is 24.9 Å². The van der Waals surface area contributed by atoms with Gasteiger partial charge in [-0.3, -0.25) is 9.69 Å². The van der Waals surface area contributed by atoms with Gasteiger partial charge < -0.3 is 14.8 Å². The van der Waals surface area contributed by atoms with E-state index in [9.17, 15) is 9.18 Å². The van der Waals surface area contributed by atoms with Crippen molar-refractivity contribution in [1.82, 2.24) is 9.88 Å². The Morgan fingerprint density at radius 1 is 0.925 bits per heavy atom. The Morgan fingerprint density at radius 2 is 1.60 bits per heavy atom. The Labute approximate surface area is 239 Å². The van der Waals surface area contributed by atoms with E-state index in [-0.39, 0.29) is 17.1 Å². The number of halogens is 1. The number of aromatic nitrogens is 1. The highest BCUT2D eigenvalue weighted by atomic mass is 32.1. The van der Waals surface area contributed by atoms with Crippen LogP contribution in [0, 0.1) is 5.82 Å². The summed E-state index contributed by atoms with van der Waals surface area (Å²) in [7, 11) is 3.27. The number of ether oxygens (including phenoxy) is 2. The molecule has 1 aromatic heterocycles. The highest BCUT2D eigenvalue weighted by Crippen LogP contribution is 2.28. The van der Waals surface area contributed by atoms with Gasteiger partial charge >= 0.3 is 0 Å². The van der Waals surface area contributed by atoms with Crippen LogP contribution in [0.25, 0.3) is 0 Å². The quantitative estimate of drug-likeness (QED) is 0.212. The minimum absolute atomic E-state index is 0.0947. The fourth-order valence-electron chi connectivity index (χ4n) is 4.31. The fraction of sp³-hybridized carbons (Fsp3) is 0.312. The first-order valence-electron chi connectivity index (χ1n) is 13.2. The number of carbonyl (C=O) groups excluding carboxylic acids is 1. The molecule has 8 heteroatoms. The van der Waals surface area contributed by atoms with Gasteiger partial charge in [0, 0.05) is 24.2 Å². The van der Waals surface area contributed by atoms with Crippen molar-refractivity contribution >= 4 is 22.9 Å². The molecule has 4 rings (SSSR count). The Morgan fingerprint density at radius 3 is 2.25 bits per heavy atom. The number of nitrogens with one attached hydrogen (secondary N) is 1. The normalized spacial score (nSPS) is 11.5. The molecular weight excluding hydrogens is 525 g/mol. The molecule has 0 aliphatic rings. The minimum Gasteiger partial charge on any atom is -0.493 e. The monoisotopic (exact) mass is 561 g/mol. The molecule has 210 valence electrons. The van der Waals surface area contributed by atoms with Crippen LogP contribution >= 0.6 is 11.3 Å². The number of benzene rings is 3. The molecule has 0 atom stereocenters. The second-order valence-electron chi connectivity index (χ2n) is 10.7. The molecule has 3 aromatic carbocycles. The molecule has 0 saturated carbocycles. The molecule has 0 unspecified atom stereocenters. The van der Waals surface area contributed by atoms with Gasteiger partial charge in [-0.05, 0) is 64.9 Å². The smallest absolute Gasteiger partial charge is 0.275 e. The van der Waals surface area contributed by atoms with Crippen molar-refractivity contribution < 1.29 is 18.7 Å². The third-order valence-corrected chi connectivity index (χ3v) is 7.47. The van der Waals surface area contributed by atoms with E-state index in [2.05, 4.69) is 66.3 Å². The summed E-state index contributed by atoms with van der Waals surface area (Å²) in [6, 6.07) is 20.4. The van der Waals surface area contributed by atoms with Crippen molar-refractivity contribution in [2.45, 2.75) is 45.7 Å². The average molecular weight is 562 g/mol. The zero-order chi connectivity index (χ0) is 28.7. The number of hydrogen-bond acceptors (Lipinski definition) is 6. The van der Waals surface area contributed by atoms with E-state index in [0.717, 1.165) is 30.1 Å². The molecule has 0 radical (unpaired) electrons. The number of carbonyl (C=O) groups is 1. The number of amides is 1. The zero-order valence-electron chi connectivity index (χ0n) is 23.7. The van der Waals surface area contributed by atoms with Crippen molar-refractivity contribution in [3.05, 3.63) is 105 Å². The first-order chi connectivity index (χ1) is 19.1. The van der Waals surface area contributed by atoms with Crippen molar-refractivity contribution in [2.24, 2.45) is 0 Å². The SMILES string of the molecule is COc1ccc(CCN(Cc2ccc(C(C)(C)C)cc2)Cc2nc(C(=O)Nc3ccc(F)cc3)cs2)cc1OC. The van der Waals surface area contributed by atoms with Gasteiger partial charge in [-0.2, -0.15) is 0 Å². The van der Waals surface area contributed by atoms with E-state index in [1.54, 1.807) is 19.6 Å². The predicted octanol–water partition coefficient (Wildman–Crippen LogP) is 7.09. The number of methoxy groups -OCH3 is 2. The van der Waals surface area contributed by atoms with Crippen LogP contribution in [0.15, 0.2) is 72.1 Å². The zero-order valence-corrected chi connectivity index (χ0v) is 24.5. The number of hydrogen-bond donors (Lipinski definition) is 1. The highest BCUT2D eigenvalue weighted by molar-refractivity contribution is 7.09. The fourth-order valence-corrected chi connectivity index (χ4v) is 5.13. The van der Waals surface area contributed by atoms with E-state index in [1.807, 2.05) is 12.1 Å². The lowest BCUT2D eigenvalue weighted by atomic mass is 9.87.